The van der Waals surface area contributed by atoms with Gasteiger partial charge in [0.1, 0.15) is 11.2 Å². The van der Waals surface area contributed by atoms with Gasteiger partial charge in [0.15, 0.2) is 17.2 Å². The number of hydrogen-bond acceptors (Lipinski definition) is 8. The number of amides is 2. The van der Waals surface area contributed by atoms with Crippen molar-refractivity contribution in [2.45, 2.75) is 38.9 Å². The van der Waals surface area contributed by atoms with Crippen LogP contribution in [0.1, 0.15) is 46.8 Å². The fourth-order valence-corrected chi connectivity index (χ4v) is 4.03. The number of hydrogen-bond donors (Lipinski definition) is 1. The summed E-state index contributed by atoms with van der Waals surface area (Å²) in [5.74, 6) is -0.143. The molecule has 34 heavy (non-hydrogen) atoms. The first-order valence-electron chi connectivity index (χ1n) is 11.1. The van der Waals surface area contributed by atoms with Crippen molar-refractivity contribution in [3.05, 3.63) is 41.2 Å². The fourth-order valence-electron chi connectivity index (χ4n) is 4.03. The van der Waals surface area contributed by atoms with Gasteiger partial charge in [0.05, 0.1) is 13.2 Å². The topological polar surface area (TPSA) is 121 Å². The summed E-state index contributed by atoms with van der Waals surface area (Å²) in [5.41, 5.74) is -0.244. The van der Waals surface area contributed by atoms with Crippen LogP contribution in [0.5, 0.6) is 11.5 Å². The summed E-state index contributed by atoms with van der Waals surface area (Å²) in [6, 6.07) is 6.80. The van der Waals surface area contributed by atoms with Gasteiger partial charge in [0.25, 0.3) is 5.91 Å². The molecule has 3 heterocycles. The molecular weight excluding hydrogens is 444 g/mol. The lowest BCUT2D eigenvalue weighted by Crippen LogP contribution is -2.63. The zero-order valence-electron chi connectivity index (χ0n) is 19.5. The molecule has 182 valence electrons. The Morgan fingerprint density at radius 2 is 2.03 bits per heavy atom. The van der Waals surface area contributed by atoms with E-state index in [0.29, 0.717) is 31.1 Å². The van der Waals surface area contributed by atoms with E-state index in [-0.39, 0.29) is 43.8 Å². The lowest BCUT2D eigenvalue weighted by atomic mass is 9.94. The second-order valence-electron chi connectivity index (χ2n) is 8.25. The molecule has 0 saturated carbocycles. The molecule has 0 unspecified atom stereocenters. The Labute approximate surface area is 196 Å². The maximum atomic E-state index is 13.6. The zero-order chi connectivity index (χ0) is 24.3. The Balaban J connectivity index is 1.65. The van der Waals surface area contributed by atoms with E-state index in [2.05, 4.69) is 10.4 Å². The first kappa shape index (κ1) is 23.6. The van der Waals surface area contributed by atoms with E-state index < -0.39 is 17.4 Å². The Hall–Kier alpha value is -3.60. The second kappa shape index (κ2) is 9.72. The van der Waals surface area contributed by atoms with Gasteiger partial charge in [-0.3, -0.25) is 14.3 Å². The van der Waals surface area contributed by atoms with E-state index in [9.17, 15) is 14.4 Å². The first-order valence-corrected chi connectivity index (χ1v) is 11.1. The largest absolute Gasteiger partial charge is 0.461 e. The molecule has 11 nitrogen and oxygen atoms in total. The molecule has 2 amide bonds. The van der Waals surface area contributed by atoms with Gasteiger partial charge in [-0.15, -0.1) is 0 Å². The highest BCUT2D eigenvalue weighted by atomic mass is 16.7. The van der Waals surface area contributed by atoms with E-state index in [0.717, 1.165) is 5.56 Å². The van der Waals surface area contributed by atoms with E-state index in [4.69, 9.17) is 18.9 Å². The van der Waals surface area contributed by atoms with Crippen molar-refractivity contribution >= 4 is 17.8 Å². The number of fused-ring (bicyclic) bond motifs is 2. The monoisotopic (exact) mass is 472 g/mol. The SMILES string of the molecule is CCOC(=O)c1cc2n(n1)C[C@@](C)(C(=O)NCCCOC)N(Cc1ccc3c(c1)OCO3)C2=O. The van der Waals surface area contributed by atoms with Crippen LogP contribution in [0.2, 0.25) is 0 Å². The average molecular weight is 472 g/mol. The number of nitrogens with one attached hydrogen (secondary N) is 1. The molecule has 0 spiro atoms. The minimum Gasteiger partial charge on any atom is -0.461 e. The molecule has 11 heteroatoms. The Bertz CT molecular complexity index is 1100. The van der Waals surface area contributed by atoms with Crippen molar-refractivity contribution in [3.8, 4) is 11.5 Å². The van der Waals surface area contributed by atoms with Gasteiger partial charge in [-0.2, -0.15) is 5.10 Å². The first-order chi connectivity index (χ1) is 16.4. The third-order valence-electron chi connectivity index (χ3n) is 5.86. The fraction of sp³-hybridized carbons (Fsp3) is 0.478. The molecule has 2 aliphatic heterocycles. The van der Waals surface area contributed by atoms with Crippen molar-refractivity contribution in [3.63, 3.8) is 0 Å². The van der Waals surface area contributed by atoms with Crippen LogP contribution in [0.3, 0.4) is 0 Å². The summed E-state index contributed by atoms with van der Waals surface area (Å²) in [6.45, 7) is 4.84. The number of benzene rings is 1. The lowest BCUT2D eigenvalue weighted by Gasteiger charge is -2.43. The van der Waals surface area contributed by atoms with Gasteiger partial charge >= 0.3 is 5.97 Å². The van der Waals surface area contributed by atoms with Crippen LogP contribution in [-0.2, 0) is 27.4 Å². The maximum Gasteiger partial charge on any atom is 0.358 e. The van der Waals surface area contributed by atoms with Crippen LogP contribution in [-0.4, -0.2) is 71.7 Å². The standard InChI is InChI=1S/C23H28N4O7/c1-4-32-21(29)16-11-17-20(28)26(12-15-6-7-18-19(10-15)34-14-33-18)23(2,13-27(17)25-16)22(30)24-8-5-9-31-3/h6-7,10-11H,4-5,8-9,12-14H2,1-3H3,(H,24,30)/t23-/m0/s1. The van der Waals surface area contributed by atoms with Gasteiger partial charge in [0.2, 0.25) is 12.7 Å². The highest BCUT2D eigenvalue weighted by Gasteiger charge is 2.48. The smallest absolute Gasteiger partial charge is 0.358 e. The average Bonchev–Trinajstić information content (AvgIpc) is 3.46. The Morgan fingerprint density at radius 1 is 1.24 bits per heavy atom. The number of rotatable bonds is 9. The molecule has 0 radical (unpaired) electrons. The molecule has 2 aliphatic rings. The number of methoxy groups -OCH3 is 1. The molecule has 0 bridgehead atoms. The van der Waals surface area contributed by atoms with Crippen LogP contribution in [0, 0.1) is 0 Å². The summed E-state index contributed by atoms with van der Waals surface area (Å²) in [7, 11) is 1.59. The van der Waals surface area contributed by atoms with Gasteiger partial charge in [0, 0.05) is 32.9 Å². The van der Waals surface area contributed by atoms with Gasteiger partial charge < -0.3 is 29.2 Å². The highest BCUT2D eigenvalue weighted by Crippen LogP contribution is 2.35. The molecule has 1 aromatic heterocycles. The minimum absolute atomic E-state index is 0.0259. The Kier molecular flexibility index (Phi) is 6.73. The third-order valence-corrected chi connectivity index (χ3v) is 5.86. The molecule has 0 aliphatic carbocycles. The third kappa shape index (κ3) is 4.43. The second-order valence-corrected chi connectivity index (χ2v) is 8.25. The molecule has 1 aromatic carbocycles. The van der Waals surface area contributed by atoms with Crippen LogP contribution in [0.15, 0.2) is 24.3 Å². The molecule has 1 atom stereocenters. The number of esters is 1. The van der Waals surface area contributed by atoms with Crippen molar-refractivity contribution < 1.29 is 33.3 Å². The Morgan fingerprint density at radius 3 is 2.79 bits per heavy atom. The van der Waals surface area contributed by atoms with Crippen LogP contribution >= 0.6 is 0 Å². The summed E-state index contributed by atoms with van der Waals surface area (Å²) in [6.07, 6.45) is 0.633. The number of aromatic nitrogens is 2. The van der Waals surface area contributed by atoms with Gasteiger partial charge in [-0.25, -0.2) is 4.79 Å². The van der Waals surface area contributed by atoms with Crippen LogP contribution < -0.4 is 14.8 Å². The molecule has 1 N–H and O–H groups in total. The number of ether oxygens (including phenoxy) is 4. The van der Waals surface area contributed by atoms with Gasteiger partial charge in [-0.1, -0.05) is 6.07 Å². The number of carbonyl (C=O) groups excluding carboxylic acids is 3. The lowest BCUT2D eigenvalue weighted by molar-refractivity contribution is -0.133. The summed E-state index contributed by atoms with van der Waals surface area (Å²) < 4.78 is 22.3. The number of carbonyl (C=O) groups is 3. The molecule has 4 rings (SSSR count). The molecule has 0 saturated heterocycles. The van der Waals surface area contributed by atoms with Crippen LogP contribution in [0.25, 0.3) is 0 Å². The van der Waals surface area contributed by atoms with Crippen molar-refractivity contribution in [1.82, 2.24) is 20.0 Å². The van der Waals surface area contributed by atoms with E-state index in [1.807, 2.05) is 6.07 Å². The maximum absolute atomic E-state index is 13.6. The summed E-state index contributed by atoms with van der Waals surface area (Å²) in [4.78, 5) is 40.7. The van der Waals surface area contributed by atoms with Crippen molar-refractivity contribution in [2.75, 3.05) is 33.7 Å². The van der Waals surface area contributed by atoms with Crippen molar-refractivity contribution in [1.29, 1.82) is 0 Å². The molecule has 2 aromatic rings. The molecular formula is C23H28N4O7. The normalized spacial score (nSPS) is 18.6. The summed E-state index contributed by atoms with van der Waals surface area (Å²) in [5, 5.41) is 7.15. The van der Waals surface area contributed by atoms with E-state index in [1.54, 1.807) is 33.1 Å². The van der Waals surface area contributed by atoms with Crippen molar-refractivity contribution in [2.24, 2.45) is 0 Å². The zero-order valence-corrected chi connectivity index (χ0v) is 19.5. The van der Waals surface area contributed by atoms with Crippen LogP contribution in [0.4, 0.5) is 0 Å². The van der Waals surface area contributed by atoms with Gasteiger partial charge in [-0.05, 0) is 38.0 Å². The molecule has 0 fully saturated rings. The highest BCUT2D eigenvalue weighted by molar-refractivity contribution is 6.01. The van der Waals surface area contributed by atoms with E-state index >= 15 is 0 Å². The minimum atomic E-state index is -1.26. The van der Waals surface area contributed by atoms with E-state index in [1.165, 1.54) is 15.6 Å². The quantitative estimate of drug-likeness (QED) is 0.429. The predicted molar refractivity (Wildman–Crippen MR) is 119 cm³/mol. The number of nitrogens with zero attached hydrogens (tertiary/aromatic N) is 3. The summed E-state index contributed by atoms with van der Waals surface area (Å²) >= 11 is 0. The predicted octanol–water partition coefficient (Wildman–Crippen LogP) is 1.36.